The summed E-state index contributed by atoms with van der Waals surface area (Å²) < 4.78 is 5.25. The summed E-state index contributed by atoms with van der Waals surface area (Å²) in [5.41, 5.74) is 7.32. The molecule has 0 bridgehead atoms. The molecule has 0 saturated heterocycles. The molecule has 0 aliphatic carbocycles. The molecule has 0 radical (unpaired) electrons. The molecule has 6 aromatic rings. The van der Waals surface area contributed by atoms with Crippen LogP contribution in [0.3, 0.4) is 0 Å². The van der Waals surface area contributed by atoms with Gasteiger partial charge < -0.3 is 14.7 Å². The summed E-state index contributed by atoms with van der Waals surface area (Å²) in [5, 5.41) is 12.3. The molecule has 0 fully saturated rings. The van der Waals surface area contributed by atoms with Crippen LogP contribution in [0.15, 0.2) is 72.1 Å². The maximum Gasteiger partial charge on any atom is 0.226 e. The Hall–Kier alpha value is -4.79. The number of hydrogen-bond donors (Lipinski definition) is 3. The van der Waals surface area contributed by atoms with Gasteiger partial charge in [-0.3, -0.25) is 19.9 Å². The topological polar surface area (TPSA) is 125 Å². The summed E-state index contributed by atoms with van der Waals surface area (Å²) in [6.07, 6.45) is 10.2. The molecule has 6 heterocycles. The summed E-state index contributed by atoms with van der Waals surface area (Å²) in [6, 6.07) is 9.77. The highest BCUT2D eigenvalue weighted by Crippen LogP contribution is 2.34. The monoisotopic (exact) mass is 463 g/mol. The summed E-state index contributed by atoms with van der Waals surface area (Å²) in [5.74, 6) is -0.177. The highest BCUT2D eigenvalue weighted by atomic mass is 16.3. The highest BCUT2D eigenvalue weighted by molar-refractivity contribution is 6.00. The SMILES string of the molecule is CC(C)C(=O)Nc1cncc(-c2cnc3[nH]nc(-c4cc5c(-c6ccoc6)nccc5[nH]4)c3c2)c1. The fourth-order valence-corrected chi connectivity index (χ4v) is 4.03. The molecule has 0 atom stereocenters. The fraction of sp³-hybridized carbons (Fsp3) is 0.115. The number of rotatable bonds is 5. The summed E-state index contributed by atoms with van der Waals surface area (Å²) in [6.45, 7) is 3.70. The predicted molar refractivity (Wildman–Crippen MR) is 133 cm³/mol. The van der Waals surface area contributed by atoms with Gasteiger partial charge in [-0.1, -0.05) is 13.8 Å². The largest absolute Gasteiger partial charge is 0.472 e. The molecule has 0 unspecified atom stereocenters. The third-order valence-electron chi connectivity index (χ3n) is 5.88. The number of aromatic amines is 2. The van der Waals surface area contributed by atoms with Crippen molar-refractivity contribution in [3.8, 4) is 33.8 Å². The summed E-state index contributed by atoms with van der Waals surface area (Å²) in [4.78, 5) is 29.0. The van der Waals surface area contributed by atoms with E-state index >= 15 is 0 Å². The molecule has 0 saturated carbocycles. The number of carbonyl (C=O) groups excluding carboxylic acids is 1. The minimum atomic E-state index is -0.120. The minimum absolute atomic E-state index is 0.0576. The van der Waals surface area contributed by atoms with Gasteiger partial charge in [0.2, 0.25) is 5.91 Å². The molecule has 9 heteroatoms. The molecule has 9 nitrogen and oxygen atoms in total. The molecule has 6 rings (SSSR count). The van der Waals surface area contributed by atoms with E-state index in [-0.39, 0.29) is 11.8 Å². The quantitative estimate of drug-likeness (QED) is 0.314. The van der Waals surface area contributed by atoms with Crippen molar-refractivity contribution in [3.63, 3.8) is 0 Å². The Morgan fingerprint density at radius 3 is 2.69 bits per heavy atom. The molecule has 6 aromatic heterocycles. The van der Waals surface area contributed by atoms with Crippen LogP contribution >= 0.6 is 0 Å². The van der Waals surface area contributed by atoms with Gasteiger partial charge >= 0.3 is 0 Å². The molecule has 35 heavy (non-hydrogen) atoms. The first-order valence-electron chi connectivity index (χ1n) is 11.2. The predicted octanol–water partition coefficient (Wildman–Crippen LogP) is 5.42. The van der Waals surface area contributed by atoms with Crippen LogP contribution in [-0.2, 0) is 4.79 Å². The van der Waals surface area contributed by atoms with Crippen molar-refractivity contribution >= 4 is 33.5 Å². The first-order valence-corrected chi connectivity index (χ1v) is 11.2. The van der Waals surface area contributed by atoms with Crippen LogP contribution in [0.2, 0.25) is 0 Å². The van der Waals surface area contributed by atoms with Gasteiger partial charge in [-0.05, 0) is 30.3 Å². The van der Waals surface area contributed by atoms with Gasteiger partial charge in [0.1, 0.15) is 5.69 Å². The maximum absolute atomic E-state index is 12.1. The first kappa shape index (κ1) is 20.8. The summed E-state index contributed by atoms with van der Waals surface area (Å²) >= 11 is 0. The van der Waals surface area contributed by atoms with Crippen LogP contribution in [0.5, 0.6) is 0 Å². The lowest BCUT2D eigenvalue weighted by atomic mass is 10.1. The molecular weight excluding hydrogens is 442 g/mol. The molecule has 3 N–H and O–H groups in total. The normalized spacial score (nSPS) is 11.5. The van der Waals surface area contributed by atoms with E-state index in [2.05, 4.69) is 35.5 Å². The Morgan fingerprint density at radius 2 is 1.86 bits per heavy atom. The molecule has 0 aliphatic rings. The van der Waals surface area contributed by atoms with Crippen LogP contribution in [0.1, 0.15) is 13.8 Å². The lowest BCUT2D eigenvalue weighted by Gasteiger charge is -2.09. The van der Waals surface area contributed by atoms with Crippen LogP contribution in [0, 0.1) is 5.92 Å². The Morgan fingerprint density at radius 1 is 0.971 bits per heavy atom. The lowest BCUT2D eigenvalue weighted by Crippen LogP contribution is -2.17. The van der Waals surface area contributed by atoms with Crippen molar-refractivity contribution in [3.05, 3.63) is 67.6 Å². The fourth-order valence-electron chi connectivity index (χ4n) is 4.03. The van der Waals surface area contributed by atoms with Crippen LogP contribution in [-0.4, -0.2) is 36.0 Å². The van der Waals surface area contributed by atoms with E-state index in [1.807, 2.05) is 44.2 Å². The standard InChI is InChI=1S/C26H21N7O2/c1-14(2)26(34)30-18-7-16(10-27-12-18)17-8-20-24(32-33-25(20)29-11-17)22-9-19-21(31-22)3-5-28-23(19)15-4-6-35-13-15/h3-14,31H,1-2H3,(H,30,34)(H,29,32,33). The number of nitrogens with one attached hydrogen (secondary N) is 3. The number of pyridine rings is 3. The van der Waals surface area contributed by atoms with Crippen molar-refractivity contribution in [1.29, 1.82) is 0 Å². The van der Waals surface area contributed by atoms with Crippen molar-refractivity contribution < 1.29 is 9.21 Å². The Bertz CT molecular complexity index is 1680. The maximum atomic E-state index is 12.1. The number of aromatic nitrogens is 6. The van der Waals surface area contributed by atoms with E-state index in [1.54, 1.807) is 37.3 Å². The van der Waals surface area contributed by atoms with Gasteiger partial charge in [0.05, 0.1) is 35.8 Å². The Labute approximate surface area is 199 Å². The number of anilines is 1. The second-order valence-corrected chi connectivity index (χ2v) is 8.61. The van der Waals surface area contributed by atoms with Gasteiger partial charge in [0.25, 0.3) is 0 Å². The van der Waals surface area contributed by atoms with Crippen LogP contribution in [0.4, 0.5) is 5.69 Å². The zero-order valence-corrected chi connectivity index (χ0v) is 19.0. The highest BCUT2D eigenvalue weighted by Gasteiger charge is 2.16. The third-order valence-corrected chi connectivity index (χ3v) is 5.88. The van der Waals surface area contributed by atoms with Gasteiger partial charge in [-0.25, -0.2) is 4.98 Å². The van der Waals surface area contributed by atoms with Crippen LogP contribution < -0.4 is 5.32 Å². The van der Waals surface area contributed by atoms with E-state index in [1.165, 1.54) is 0 Å². The van der Waals surface area contributed by atoms with Gasteiger partial charge in [-0.2, -0.15) is 5.10 Å². The average Bonchev–Trinajstić information content (AvgIpc) is 3.62. The summed E-state index contributed by atoms with van der Waals surface area (Å²) in [7, 11) is 0. The van der Waals surface area contributed by atoms with E-state index in [0.29, 0.717) is 11.3 Å². The number of H-pyrrole nitrogens is 2. The van der Waals surface area contributed by atoms with Gasteiger partial charge in [0.15, 0.2) is 5.65 Å². The second kappa shape index (κ2) is 8.21. The smallest absolute Gasteiger partial charge is 0.226 e. The zero-order valence-electron chi connectivity index (χ0n) is 19.0. The van der Waals surface area contributed by atoms with E-state index in [4.69, 9.17) is 4.42 Å². The third kappa shape index (κ3) is 3.72. The van der Waals surface area contributed by atoms with Crippen LogP contribution in [0.25, 0.3) is 55.7 Å². The number of amides is 1. The number of carbonyl (C=O) groups is 1. The number of fused-ring (bicyclic) bond motifs is 2. The average molecular weight is 464 g/mol. The lowest BCUT2D eigenvalue weighted by molar-refractivity contribution is -0.118. The van der Waals surface area contributed by atoms with E-state index in [0.717, 1.165) is 50.1 Å². The Kier molecular flexibility index (Phi) is 4.88. The number of nitrogens with zero attached hydrogens (tertiary/aromatic N) is 4. The minimum Gasteiger partial charge on any atom is -0.472 e. The van der Waals surface area contributed by atoms with Crippen molar-refractivity contribution in [2.75, 3.05) is 5.32 Å². The molecule has 0 aliphatic heterocycles. The second-order valence-electron chi connectivity index (χ2n) is 8.61. The molecular formula is C26H21N7O2. The molecule has 0 spiro atoms. The number of furan rings is 1. The number of hydrogen-bond acceptors (Lipinski definition) is 6. The van der Waals surface area contributed by atoms with Crippen molar-refractivity contribution in [2.45, 2.75) is 13.8 Å². The first-order chi connectivity index (χ1) is 17.1. The molecule has 1 amide bonds. The molecule has 0 aromatic carbocycles. The zero-order chi connectivity index (χ0) is 23.9. The van der Waals surface area contributed by atoms with E-state index < -0.39 is 0 Å². The Balaban J connectivity index is 1.41. The van der Waals surface area contributed by atoms with Gasteiger partial charge in [-0.15, -0.1) is 0 Å². The van der Waals surface area contributed by atoms with E-state index in [9.17, 15) is 4.79 Å². The molecule has 172 valence electrons. The van der Waals surface area contributed by atoms with Crippen molar-refractivity contribution in [2.24, 2.45) is 5.92 Å². The van der Waals surface area contributed by atoms with Crippen molar-refractivity contribution in [1.82, 2.24) is 30.1 Å². The van der Waals surface area contributed by atoms with Gasteiger partial charge in [0, 0.05) is 57.5 Å².